The van der Waals surface area contributed by atoms with Crippen molar-refractivity contribution >= 4 is 0 Å². The first kappa shape index (κ1) is 14.4. The van der Waals surface area contributed by atoms with Crippen molar-refractivity contribution in [2.75, 3.05) is 0 Å². The van der Waals surface area contributed by atoms with E-state index in [9.17, 15) is 0 Å². The zero-order valence-corrected chi connectivity index (χ0v) is 13.0. The summed E-state index contributed by atoms with van der Waals surface area (Å²) in [5.74, 6) is 2.98. The lowest BCUT2D eigenvalue weighted by Crippen LogP contribution is -2.33. The summed E-state index contributed by atoms with van der Waals surface area (Å²) in [6, 6.07) is 0. The second-order valence-electron chi connectivity index (χ2n) is 7.80. The zero-order valence-electron chi connectivity index (χ0n) is 13.0. The molecule has 0 aromatic rings. The van der Waals surface area contributed by atoms with Crippen molar-refractivity contribution in [1.29, 1.82) is 0 Å². The van der Waals surface area contributed by atoms with Crippen molar-refractivity contribution in [3.8, 4) is 0 Å². The van der Waals surface area contributed by atoms with Crippen molar-refractivity contribution in [1.82, 2.24) is 0 Å². The highest BCUT2D eigenvalue weighted by Crippen LogP contribution is 2.46. The predicted octanol–water partition coefficient (Wildman–Crippen LogP) is 6.20. The van der Waals surface area contributed by atoms with E-state index in [1.807, 2.05) is 0 Å². The van der Waals surface area contributed by atoms with Crippen LogP contribution < -0.4 is 0 Å². The average Bonchev–Trinajstić information content (AvgIpc) is 2.41. The molecule has 2 saturated carbocycles. The smallest absolute Gasteiger partial charge is 0.0300 e. The molecule has 0 N–H and O–H groups in total. The van der Waals surface area contributed by atoms with Crippen LogP contribution >= 0.6 is 0 Å². The highest BCUT2D eigenvalue weighted by Gasteiger charge is 2.36. The van der Waals surface area contributed by atoms with Gasteiger partial charge < -0.3 is 0 Å². The topological polar surface area (TPSA) is 0 Å². The molecule has 2 aliphatic carbocycles. The maximum Gasteiger partial charge on any atom is -0.0300 e. The van der Waals surface area contributed by atoms with Crippen LogP contribution in [0.4, 0.5) is 0 Å². The molecule has 0 nitrogen and oxygen atoms in total. The highest BCUT2D eigenvalue weighted by atomic mass is 14.4. The van der Waals surface area contributed by atoms with Crippen molar-refractivity contribution in [2.24, 2.45) is 23.2 Å². The van der Waals surface area contributed by atoms with E-state index in [0.29, 0.717) is 5.41 Å². The van der Waals surface area contributed by atoms with Crippen LogP contribution in [0.25, 0.3) is 0 Å². The van der Waals surface area contributed by atoms with Crippen LogP contribution in [0.2, 0.25) is 0 Å². The fourth-order valence-electron chi connectivity index (χ4n) is 4.48. The largest absolute Gasteiger partial charge is 0.0620 e. The van der Waals surface area contributed by atoms with E-state index in [1.165, 1.54) is 70.6 Å². The van der Waals surface area contributed by atoms with Crippen LogP contribution in [0, 0.1) is 23.2 Å². The Balaban J connectivity index is 1.86. The van der Waals surface area contributed by atoms with E-state index in [-0.39, 0.29) is 0 Å². The Bertz CT molecular complexity index is 228. The van der Waals surface area contributed by atoms with Crippen molar-refractivity contribution < 1.29 is 0 Å². The van der Waals surface area contributed by atoms with Crippen molar-refractivity contribution in [2.45, 2.75) is 91.4 Å². The monoisotopic (exact) mass is 250 g/mol. The molecule has 0 aliphatic heterocycles. The van der Waals surface area contributed by atoms with Crippen LogP contribution in [0.3, 0.4) is 0 Å². The lowest BCUT2D eigenvalue weighted by Gasteiger charge is -2.43. The molecule has 1 unspecified atom stereocenters. The Morgan fingerprint density at radius 1 is 0.833 bits per heavy atom. The van der Waals surface area contributed by atoms with Crippen molar-refractivity contribution in [3.05, 3.63) is 0 Å². The molecule has 0 bridgehead atoms. The molecule has 0 radical (unpaired) electrons. The maximum absolute atomic E-state index is 2.57. The molecule has 0 aromatic carbocycles. The number of hydrogen-bond acceptors (Lipinski definition) is 0. The van der Waals surface area contributed by atoms with Gasteiger partial charge in [0, 0.05) is 0 Å². The van der Waals surface area contributed by atoms with E-state index in [2.05, 4.69) is 20.8 Å². The second kappa shape index (κ2) is 6.44. The third kappa shape index (κ3) is 3.52. The van der Waals surface area contributed by atoms with Gasteiger partial charge in [-0.1, -0.05) is 72.1 Å². The Kier molecular flexibility index (Phi) is 5.15. The van der Waals surface area contributed by atoms with Crippen LogP contribution in [0.5, 0.6) is 0 Å². The zero-order chi connectivity index (χ0) is 13.0. The Hall–Kier alpha value is 0. The fraction of sp³-hybridized carbons (Fsp3) is 1.00. The molecule has 0 heteroatoms. The standard InChI is InChI=1S/C18H34/c1-15(14-16-10-6-4-7-11-16)18(2,3)17-12-8-5-9-13-17/h15-17H,4-14H2,1-3H3. The van der Waals surface area contributed by atoms with Gasteiger partial charge in [0.25, 0.3) is 0 Å². The first-order valence-electron chi connectivity index (χ1n) is 8.60. The van der Waals surface area contributed by atoms with Crippen LogP contribution in [0.15, 0.2) is 0 Å². The summed E-state index contributed by atoms with van der Waals surface area (Å²) in [5.41, 5.74) is 0.581. The number of rotatable bonds is 4. The molecule has 2 rings (SSSR count). The van der Waals surface area contributed by atoms with E-state index in [1.54, 1.807) is 0 Å². The minimum atomic E-state index is 0.581. The Morgan fingerprint density at radius 2 is 1.33 bits per heavy atom. The lowest BCUT2D eigenvalue weighted by molar-refractivity contribution is 0.0719. The summed E-state index contributed by atoms with van der Waals surface area (Å²) in [6.07, 6.45) is 16.5. The van der Waals surface area contributed by atoms with Gasteiger partial charge in [-0.3, -0.25) is 0 Å². The van der Waals surface area contributed by atoms with Gasteiger partial charge in [-0.05, 0) is 42.4 Å². The minimum Gasteiger partial charge on any atom is -0.0620 e. The van der Waals surface area contributed by atoms with E-state index in [0.717, 1.165) is 17.8 Å². The summed E-state index contributed by atoms with van der Waals surface area (Å²) in [4.78, 5) is 0. The normalized spacial score (nSPS) is 26.2. The maximum atomic E-state index is 2.57. The summed E-state index contributed by atoms with van der Waals surface area (Å²) in [7, 11) is 0. The van der Waals surface area contributed by atoms with Crippen LogP contribution in [-0.4, -0.2) is 0 Å². The molecule has 106 valence electrons. The first-order valence-corrected chi connectivity index (χ1v) is 8.60. The molecule has 0 saturated heterocycles. The van der Waals surface area contributed by atoms with Gasteiger partial charge in [0.1, 0.15) is 0 Å². The summed E-state index contributed by atoms with van der Waals surface area (Å²) >= 11 is 0. The van der Waals surface area contributed by atoms with E-state index >= 15 is 0 Å². The van der Waals surface area contributed by atoms with Gasteiger partial charge in [-0.15, -0.1) is 0 Å². The fourth-order valence-corrected chi connectivity index (χ4v) is 4.48. The summed E-state index contributed by atoms with van der Waals surface area (Å²) in [5, 5.41) is 0. The average molecular weight is 250 g/mol. The molecule has 18 heavy (non-hydrogen) atoms. The van der Waals surface area contributed by atoms with Crippen LogP contribution in [-0.2, 0) is 0 Å². The number of hydrogen-bond donors (Lipinski definition) is 0. The van der Waals surface area contributed by atoms with Gasteiger partial charge in [0.2, 0.25) is 0 Å². The van der Waals surface area contributed by atoms with Gasteiger partial charge in [0.15, 0.2) is 0 Å². The third-order valence-corrected chi connectivity index (χ3v) is 6.34. The highest BCUT2D eigenvalue weighted by molar-refractivity contribution is 4.86. The second-order valence-corrected chi connectivity index (χ2v) is 7.80. The first-order chi connectivity index (χ1) is 8.60. The minimum absolute atomic E-state index is 0.581. The molecule has 0 amide bonds. The van der Waals surface area contributed by atoms with Gasteiger partial charge in [-0.25, -0.2) is 0 Å². The van der Waals surface area contributed by atoms with Gasteiger partial charge in [-0.2, -0.15) is 0 Å². The summed E-state index contributed by atoms with van der Waals surface area (Å²) < 4.78 is 0. The van der Waals surface area contributed by atoms with Crippen molar-refractivity contribution in [3.63, 3.8) is 0 Å². The molecule has 2 fully saturated rings. The van der Waals surface area contributed by atoms with Gasteiger partial charge >= 0.3 is 0 Å². The molecule has 0 aromatic heterocycles. The lowest BCUT2D eigenvalue weighted by atomic mass is 9.62. The quantitative estimate of drug-likeness (QED) is 0.557. The molecule has 0 heterocycles. The molecular weight excluding hydrogens is 216 g/mol. The van der Waals surface area contributed by atoms with E-state index < -0.39 is 0 Å². The summed E-state index contributed by atoms with van der Waals surface area (Å²) in [6.45, 7) is 7.68. The Morgan fingerprint density at radius 3 is 1.89 bits per heavy atom. The molecule has 1 atom stereocenters. The third-order valence-electron chi connectivity index (χ3n) is 6.34. The Labute approximate surface area is 115 Å². The SMILES string of the molecule is CC(CC1CCCCC1)C(C)(C)C1CCCCC1. The van der Waals surface area contributed by atoms with E-state index in [4.69, 9.17) is 0 Å². The predicted molar refractivity (Wildman–Crippen MR) is 80.7 cm³/mol. The molecular formula is C18H34. The molecule has 2 aliphatic rings. The van der Waals surface area contributed by atoms with Gasteiger partial charge in [0.05, 0.1) is 0 Å². The molecule has 0 spiro atoms. The van der Waals surface area contributed by atoms with Crippen LogP contribution in [0.1, 0.15) is 91.4 Å².